The minimum atomic E-state index is -5.16. The van der Waals surface area contributed by atoms with E-state index in [-0.39, 0.29) is 16.7 Å². The fourth-order valence-corrected chi connectivity index (χ4v) is 2.32. The number of anilines is 1. The van der Waals surface area contributed by atoms with E-state index in [0.717, 1.165) is 18.2 Å². The molecule has 1 aromatic rings. The minimum Gasteiger partial charge on any atom is -0.400 e. The molecular formula is C13H9BrF4N2O4. The van der Waals surface area contributed by atoms with Crippen molar-refractivity contribution in [2.75, 3.05) is 18.5 Å². The van der Waals surface area contributed by atoms with Crippen LogP contribution in [0.15, 0.2) is 28.4 Å². The first-order chi connectivity index (χ1) is 11.1. The van der Waals surface area contributed by atoms with E-state index in [4.69, 9.17) is 5.11 Å². The van der Waals surface area contributed by atoms with Gasteiger partial charge in [0.1, 0.15) is 5.70 Å². The Morgan fingerprint density at radius 3 is 2.54 bits per heavy atom. The molecule has 0 aliphatic carbocycles. The van der Waals surface area contributed by atoms with Gasteiger partial charge in [-0.05, 0) is 28.1 Å². The molecule has 130 valence electrons. The molecule has 2 amide bonds. The molecule has 0 saturated heterocycles. The largest absolute Gasteiger partial charge is 0.573 e. The molecule has 24 heavy (non-hydrogen) atoms. The SMILES string of the molecule is O=C1C=C(Nc2c(Br)ccc(F)c2OC(F)(F)F)C(=O)N1CCO. The zero-order valence-electron chi connectivity index (χ0n) is 11.7. The summed E-state index contributed by atoms with van der Waals surface area (Å²) in [7, 11) is 0. The van der Waals surface area contributed by atoms with Gasteiger partial charge in [0, 0.05) is 10.5 Å². The number of rotatable bonds is 5. The molecule has 0 spiro atoms. The smallest absolute Gasteiger partial charge is 0.400 e. The van der Waals surface area contributed by atoms with Crippen molar-refractivity contribution < 1.29 is 37.0 Å². The van der Waals surface area contributed by atoms with Crippen molar-refractivity contribution in [1.29, 1.82) is 0 Å². The Morgan fingerprint density at radius 2 is 1.96 bits per heavy atom. The van der Waals surface area contributed by atoms with E-state index in [0.29, 0.717) is 4.90 Å². The predicted molar refractivity (Wildman–Crippen MR) is 76.3 cm³/mol. The van der Waals surface area contributed by atoms with Gasteiger partial charge in [0.25, 0.3) is 11.8 Å². The molecule has 1 heterocycles. The van der Waals surface area contributed by atoms with Crippen LogP contribution in [0.4, 0.5) is 23.2 Å². The molecule has 0 unspecified atom stereocenters. The second-order valence-corrected chi connectivity index (χ2v) is 5.34. The lowest BCUT2D eigenvalue weighted by Crippen LogP contribution is -2.34. The topological polar surface area (TPSA) is 78.9 Å². The number of carbonyl (C=O) groups is 2. The molecule has 0 saturated carbocycles. The number of β-amino-alcohol motifs (C(OH)–C–C–N with tert-alkyl or cyclic N) is 1. The summed E-state index contributed by atoms with van der Waals surface area (Å²) in [5.74, 6) is -4.13. The van der Waals surface area contributed by atoms with Crippen LogP contribution in [-0.4, -0.2) is 41.3 Å². The second-order valence-electron chi connectivity index (χ2n) is 4.48. The zero-order valence-corrected chi connectivity index (χ0v) is 13.2. The number of halogens is 5. The van der Waals surface area contributed by atoms with Crippen molar-refractivity contribution in [1.82, 2.24) is 4.90 Å². The maximum Gasteiger partial charge on any atom is 0.573 e. The van der Waals surface area contributed by atoms with Crippen LogP contribution in [0.3, 0.4) is 0 Å². The third-order valence-corrected chi connectivity index (χ3v) is 3.53. The van der Waals surface area contributed by atoms with Crippen LogP contribution in [0.2, 0.25) is 0 Å². The van der Waals surface area contributed by atoms with Crippen LogP contribution in [0.25, 0.3) is 0 Å². The minimum absolute atomic E-state index is 0.0232. The van der Waals surface area contributed by atoms with Crippen molar-refractivity contribution in [2.45, 2.75) is 6.36 Å². The highest BCUT2D eigenvalue weighted by atomic mass is 79.9. The van der Waals surface area contributed by atoms with Gasteiger partial charge in [-0.3, -0.25) is 14.5 Å². The van der Waals surface area contributed by atoms with E-state index in [9.17, 15) is 27.2 Å². The monoisotopic (exact) mass is 412 g/mol. The van der Waals surface area contributed by atoms with E-state index < -0.39 is 42.0 Å². The number of carbonyl (C=O) groups excluding carboxylic acids is 2. The summed E-state index contributed by atoms with van der Waals surface area (Å²) in [4.78, 5) is 24.3. The molecule has 2 N–H and O–H groups in total. The summed E-state index contributed by atoms with van der Waals surface area (Å²) in [5, 5.41) is 11.1. The van der Waals surface area contributed by atoms with Crippen molar-refractivity contribution in [2.24, 2.45) is 0 Å². The lowest BCUT2D eigenvalue weighted by Gasteiger charge is -2.17. The van der Waals surface area contributed by atoms with Crippen LogP contribution < -0.4 is 10.1 Å². The number of nitrogens with zero attached hydrogens (tertiary/aromatic N) is 1. The summed E-state index contributed by atoms with van der Waals surface area (Å²) in [6.45, 7) is -0.764. The van der Waals surface area contributed by atoms with Gasteiger partial charge in [0.2, 0.25) is 0 Å². The molecule has 6 nitrogen and oxygen atoms in total. The quantitative estimate of drug-likeness (QED) is 0.572. The lowest BCUT2D eigenvalue weighted by molar-refractivity contribution is -0.275. The van der Waals surface area contributed by atoms with Crippen molar-refractivity contribution in [3.05, 3.63) is 34.2 Å². The molecule has 0 aromatic heterocycles. The molecule has 2 rings (SSSR count). The number of hydrogen-bond donors (Lipinski definition) is 2. The average molecular weight is 413 g/mol. The predicted octanol–water partition coefficient (Wildman–Crippen LogP) is 2.14. The number of aliphatic hydroxyl groups is 1. The van der Waals surface area contributed by atoms with E-state index >= 15 is 0 Å². The molecule has 1 aromatic carbocycles. The van der Waals surface area contributed by atoms with Gasteiger partial charge >= 0.3 is 6.36 Å². The lowest BCUT2D eigenvalue weighted by atomic mass is 10.2. The van der Waals surface area contributed by atoms with Gasteiger partial charge in [-0.15, -0.1) is 13.2 Å². The molecule has 1 aliphatic rings. The Labute approximate surface area is 140 Å². The number of hydrogen-bond acceptors (Lipinski definition) is 5. The van der Waals surface area contributed by atoms with Crippen molar-refractivity contribution in [3.8, 4) is 5.75 Å². The van der Waals surface area contributed by atoms with Gasteiger partial charge in [-0.2, -0.15) is 0 Å². The summed E-state index contributed by atoms with van der Waals surface area (Å²) in [6.07, 6.45) is -4.34. The molecule has 0 atom stereocenters. The first kappa shape index (κ1) is 18.2. The third-order valence-electron chi connectivity index (χ3n) is 2.87. The van der Waals surface area contributed by atoms with Gasteiger partial charge in [-0.1, -0.05) is 0 Å². The third kappa shape index (κ3) is 3.85. The van der Waals surface area contributed by atoms with Crippen LogP contribution in [0, 0.1) is 5.82 Å². The summed E-state index contributed by atoms with van der Waals surface area (Å²) in [5.41, 5.74) is -0.891. The Morgan fingerprint density at radius 1 is 1.29 bits per heavy atom. The number of ether oxygens (including phenoxy) is 1. The molecule has 0 radical (unpaired) electrons. The van der Waals surface area contributed by atoms with E-state index in [1.807, 2.05) is 0 Å². The maximum absolute atomic E-state index is 13.7. The van der Waals surface area contributed by atoms with Gasteiger partial charge in [0.05, 0.1) is 18.8 Å². The standard InChI is InChI=1S/C13H9BrF4N2O4/c14-6-1-2-7(15)11(24-13(16,17)18)10(6)19-8-5-9(22)20(3-4-21)12(8)23/h1-2,5,19,21H,3-4H2. The van der Waals surface area contributed by atoms with E-state index in [1.165, 1.54) is 0 Å². The summed E-state index contributed by atoms with van der Waals surface area (Å²) >= 11 is 2.92. The molecule has 0 bridgehead atoms. The van der Waals surface area contributed by atoms with Crippen molar-refractivity contribution in [3.63, 3.8) is 0 Å². The molecule has 1 aliphatic heterocycles. The van der Waals surface area contributed by atoms with Gasteiger partial charge in [-0.25, -0.2) is 4.39 Å². The Hall–Kier alpha value is -2.14. The van der Waals surface area contributed by atoms with Crippen LogP contribution in [-0.2, 0) is 9.59 Å². The van der Waals surface area contributed by atoms with Crippen LogP contribution >= 0.6 is 15.9 Å². The number of amides is 2. The zero-order chi connectivity index (χ0) is 18.1. The van der Waals surface area contributed by atoms with Crippen LogP contribution in [0.5, 0.6) is 5.75 Å². The Kier molecular flexibility index (Phi) is 5.13. The van der Waals surface area contributed by atoms with E-state index in [1.54, 1.807) is 0 Å². The van der Waals surface area contributed by atoms with Crippen molar-refractivity contribution >= 4 is 33.4 Å². The van der Waals surface area contributed by atoms with E-state index in [2.05, 4.69) is 26.0 Å². The second kappa shape index (κ2) is 6.77. The van der Waals surface area contributed by atoms with Gasteiger partial charge < -0.3 is 15.2 Å². The fourth-order valence-electron chi connectivity index (χ4n) is 1.91. The first-order valence-corrected chi connectivity index (χ1v) is 7.12. The highest BCUT2D eigenvalue weighted by Crippen LogP contribution is 2.39. The number of benzene rings is 1. The highest BCUT2D eigenvalue weighted by molar-refractivity contribution is 9.10. The average Bonchev–Trinajstić information content (AvgIpc) is 2.73. The molecule has 0 fully saturated rings. The maximum atomic E-state index is 13.7. The Balaban J connectivity index is 2.37. The number of alkyl halides is 3. The number of aliphatic hydroxyl groups excluding tert-OH is 1. The summed E-state index contributed by atoms with van der Waals surface area (Å²) in [6, 6.07) is 1.85. The fraction of sp³-hybridized carbons (Fsp3) is 0.231. The molecule has 11 heteroatoms. The first-order valence-electron chi connectivity index (χ1n) is 6.33. The Bertz CT molecular complexity index is 721. The molecular weight excluding hydrogens is 404 g/mol. The number of nitrogens with one attached hydrogen (secondary N) is 1. The summed E-state index contributed by atoms with van der Waals surface area (Å²) < 4.78 is 54.7. The van der Waals surface area contributed by atoms with Crippen LogP contribution in [0.1, 0.15) is 0 Å². The normalized spacial score (nSPS) is 14.9. The van der Waals surface area contributed by atoms with Gasteiger partial charge in [0.15, 0.2) is 11.6 Å². The highest BCUT2D eigenvalue weighted by Gasteiger charge is 2.36. The number of imide groups is 1.